The van der Waals surface area contributed by atoms with Crippen molar-refractivity contribution in [2.45, 2.75) is 12.3 Å². The normalized spacial score (nSPS) is 11.9. The van der Waals surface area contributed by atoms with E-state index in [1.165, 1.54) is 0 Å². The Labute approximate surface area is 179 Å². The van der Waals surface area contributed by atoms with Crippen LogP contribution in [-0.4, -0.2) is 33.8 Å². The number of para-hydroxylation sites is 1. The maximum Gasteiger partial charge on any atom is 0.488 e. The van der Waals surface area contributed by atoms with Crippen LogP contribution in [0.3, 0.4) is 0 Å². The molecule has 0 saturated carbocycles. The van der Waals surface area contributed by atoms with Gasteiger partial charge in [-0.05, 0) is 34.6 Å². The third-order valence-electron chi connectivity index (χ3n) is 5.41. The Bertz CT molecular complexity index is 1190. The van der Waals surface area contributed by atoms with Gasteiger partial charge in [0.25, 0.3) is 5.09 Å². The van der Waals surface area contributed by atoms with Gasteiger partial charge in [-0.3, -0.25) is 0 Å². The fraction of sp³-hybridized carbons (Fsp3) is 0.130. The van der Waals surface area contributed by atoms with Gasteiger partial charge in [0.2, 0.25) is 0 Å². The molecule has 0 amide bonds. The number of hydrogen-bond acceptors (Lipinski definition) is 5. The monoisotopic (exact) mass is 416 g/mol. The first-order valence-electron chi connectivity index (χ1n) is 9.94. The number of fused-ring (bicyclic) bond motifs is 1. The van der Waals surface area contributed by atoms with Gasteiger partial charge in [0.15, 0.2) is 0 Å². The molecule has 3 N–H and O–H groups in total. The molecule has 0 saturated heterocycles. The molecule has 0 aliphatic rings. The number of aromatic amines is 1. The van der Waals surface area contributed by atoms with Crippen LogP contribution in [0.15, 0.2) is 78.9 Å². The Kier molecular flexibility index (Phi) is 6.02. The number of rotatable bonds is 8. The first-order valence-corrected chi connectivity index (χ1v) is 9.94. The van der Waals surface area contributed by atoms with E-state index in [9.17, 15) is 20.2 Å². The molecule has 4 rings (SSSR count). The molecule has 0 spiro atoms. The van der Waals surface area contributed by atoms with Gasteiger partial charge in [0.05, 0.1) is 12.3 Å². The maximum absolute atomic E-state index is 10.8. The Morgan fingerprint density at radius 2 is 1.65 bits per heavy atom. The fourth-order valence-corrected chi connectivity index (χ4v) is 4.12. The molecular formula is C23H21BN2O5. The van der Waals surface area contributed by atoms with Crippen molar-refractivity contribution >= 4 is 23.5 Å². The van der Waals surface area contributed by atoms with Crippen molar-refractivity contribution in [1.29, 1.82) is 0 Å². The zero-order valence-electron chi connectivity index (χ0n) is 16.6. The topological polar surface area (TPSA) is 109 Å². The summed E-state index contributed by atoms with van der Waals surface area (Å²) >= 11 is 0. The molecule has 156 valence electrons. The van der Waals surface area contributed by atoms with Gasteiger partial charge in [-0.25, -0.2) is 0 Å². The van der Waals surface area contributed by atoms with E-state index in [1.54, 1.807) is 12.1 Å². The van der Waals surface area contributed by atoms with Crippen LogP contribution in [-0.2, 0) is 4.84 Å². The van der Waals surface area contributed by atoms with Crippen LogP contribution >= 0.6 is 0 Å². The lowest BCUT2D eigenvalue weighted by molar-refractivity contribution is -0.757. The molecule has 0 fully saturated rings. The summed E-state index contributed by atoms with van der Waals surface area (Å²) in [6.07, 6.45) is 0.284. The summed E-state index contributed by atoms with van der Waals surface area (Å²) in [4.78, 5) is 18.9. The van der Waals surface area contributed by atoms with Crippen LogP contribution in [0.4, 0.5) is 0 Å². The summed E-state index contributed by atoms with van der Waals surface area (Å²) in [6, 6.07) is 24.7. The second kappa shape index (κ2) is 9.03. The molecule has 0 aliphatic carbocycles. The lowest BCUT2D eigenvalue weighted by Crippen LogP contribution is -2.34. The average molecular weight is 416 g/mol. The van der Waals surface area contributed by atoms with E-state index >= 15 is 0 Å². The standard InChI is InChI=1S/C23H21BN2O5/c27-24(28)20-12-6-4-10-17(20)18(14-15-31-26(29)30)22-19-11-5-7-13-21(19)25-23(22)16-8-2-1-3-9-16/h1-13,18,25,27-28H,14-15H2. The summed E-state index contributed by atoms with van der Waals surface area (Å²) < 4.78 is 0. The Hall–Kier alpha value is -3.62. The number of hydrogen-bond donors (Lipinski definition) is 3. The van der Waals surface area contributed by atoms with E-state index < -0.39 is 12.2 Å². The van der Waals surface area contributed by atoms with E-state index in [0.29, 0.717) is 11.0 Å². The number of nitrogens with zero attached hydrogens (tertiary/aromatic N) is 1. The van der Waals surface area contributed by atoms with Crippen molar-refractivity contribution in [2.24, 2.45) is 0 Å². The van der Waals surface area contributed by atoms with Crippen LogP contribution in [0.25, 0.3) is 22.2 Å². The van der Waals surface area contributed by atoms with Gasteiger partial charge >= 0.3 is 7.12 Å². The number of aromatic nitrogens is 1. The van der Waals surface area contributed by atoms with Crippen LogP contribution < -0.4 is 5.46 Å². The van der Waals surface area contributed by atoms with Gasteiger partial charge in [-0.1, -0.05) is 72.8 Å². The minimum atomic E-state index is -1.67. The lowest BCUT2D eigenvalue weighted by atomic mass is 9.71. The predicted molar refractivity (Wildman–Crippen MR) is 119 cm³/mol. The van der Waals surface area contributed by atoms with Crippen molar-refractivity contribution in [2.75, 3.05) is 6.61 Å². The highest BCUT2D eigenvalue weighted by Crippen LogP contribution is 2.40. The van der Waals surface area contributed by atoms with E-state index in [4.69, 9.17) is 0 Å². The smallest absolute Gasteiger partial charge is 0.423 e. The lowest BCUT2D eigenvalue weighted by Gasteiger charge is -2.22. The van der Waals surface area contributed by atoms with Crippen LogP contribution in [0.2, 0.25) is 0 Å². The molecule has 4 aromatic rings. The Morgan fingerprint density at radius 1 is 0.968 bits per heavy atom. The van der Waals surface area contributed by atoms with Gasteiger partial charge in [0.1, 0.15) is 0 Å². The third-order valence-corrected chi connectivity index (χ3v) is 5.41. The second-order valence-electron chi connectivity index (χ2n) is 7.23. The average Bonchev–Trinajstić information content (AvgIpc) is 3.16. The highest BCUT2D eigenvalue weighted by molar-refractivity contribution is 6.59. The molecule has 1 aromatic heterocycles. The number of nitrogens with one attached hydrogen (secondary N) is 1. The summed E-state index contributed by atoms with van der Waals surface area (Å²) in [7, 11) is -1.67. The zero-order valence-corrected chi connectivity index (χ0v) is 16.6. The van der Waals surface area contributed by atoms with Crippen LogP contribution in [0.5, 0.6) is 0 Å². The van der Waals surface area contributed by atoms with E-state index in [0.717, 1.165) is 27.7 Å². The first-order chi connectivity index (χ1) is 15.1. The second-order valence-corrected chi connectivity index (χ2v) is 7.23. The maximum atomic E-state index is 10.8. The highest BCUT2D eigenvalue weighted by Gasteiger charge is 2.28. The molecular weight excluding hydrogens is 395 g/mol. The van der Waals surface area contributed by atoms with Gasteiger partial charge in [0, 0.05) is 16.8 Å². The van der Waals surface area contributed by atoms with Gasteiger partial charge < -0.3 is 19.9 Å². The summed E-state index contributed by atoms with van der Waals surface area (Å²) in [5, 5.41) is 30.9. The largest absolute Gasteiger partial charge is 0.488 e. The molecule has 0 aliphatic heterocycles. The minimum absolute atomic E-state index is 0.124. The number of benzene rings is 3. The summed E-state index contributed by atoms with van der Waals surface area (Å²) in [6.45, 7) is -0.124. The Balaban J connectivity index is 1.94. The summed E-state index contributed by atoms with van der Waals surface area (Å²) in [5.41, 5.74) is 4.76. The summed E-state index contributed by atoms with van der Waals surface area (Å²) in [5.74, 6) is -0.371. The first kappa shape index (κ1) is 20.6. The van der Waals surface area contributed by atoms with Crippen molar-refractivity contribution in [3.63, 3.8) is 0 Å². The fourth-order valence-electron chi connectivity index (χ4n) is 4.12. The number of H-pyrrole nitrogens is 1. The SMILES string of the molecule is O=[N+]([O-])OCCC(c1ccccc1B(O)O)c1c(-c2ccccc2)[nH]c2ccccc12. The Morgan fingerprint density at radius 3 is 2.39 bits per heavy atom. The van der Waals surface area contributed by atoms with E-state index in [2.05, 4.69) is 9.82 Å². The highest BCUT2D eigenvalue weighted by atomic mass is 16.9. The predicted octanol–water partition coefficient (Wildman–Crippen LogP) is 3.25. The van der Waals surface area contributed by atoms with Gasteiger partial charge in [-0.2, -0.15) is 0 Å². The molecule has 1 atom stereocenters. The molecule has 7 nitrogen and oxygen atoms in total. The molecule has 1 heterocycles. The quantitative estimate of drug-likeness (QED) is 0.232. The van der Waals surface area contributed by atoms with Crippen molar-refractivity contribution < 1.29 is 20.0 Å². The van der Waals surface area contributed by atoms with E-state index in [1.807, 2.05) is 66.7 Å². The molecule has 3 aromatic carbocycles. The molecule has 31 heavy (non-hydrogen) atoms. The van der Waals surface area contributed by atoms with Crippen LogP contribution in [0.1, 0.15) is 23.5 Å². The molecule has 0 radical (unpaired) electrons. The van der Waals surface area contributed by atoms with Crippen molar-refractivity contribution in [3.05, 3.63) is 100 Å². The van der Waals surface area contributed by atoms with Crippen LogP contribution in [0, 0.1) is 10.1 Å². The molecule has 0 bridgehead atoms. The molecule has 1 unspecified atom stereocenters. The zero-order chi connectivity index (χ0) is 21.8. The van der Waals surface area contributed by atoms with Gasteiger partial charge in [-0.15, -0.1) is 10.1 Å². The molecule has 8 heteroatoms. The minimum Gasteiger partial charge on any atom is -0.423 e. The van der Waals surface area contributed by atoms with Crippen molar-refractivity contribution in [1.82, 2.24) is 4.98 Å². The van der Waals surface area contributed by atoms with Crippen molar-refractivity contribution in [3.8, 4) is 11.3 Å². The third kappa shape index (κ3) is 4.30. The van der Waals surface area contributed by atoms with E-state index in [-0.39, 0.29) is 18.9 Å².